The van der Waals surface area contributed by atoms with E-state index in [4.69, 9.17) is 0 Å². The summed E-state index contributed by atoms with van der Waals surface area (Å²) in [6.45, 7) is 4.35. The van der Waals surface area contributed by atoms with Crippen LogP contribution in [0.15, 0.2) is 28.9 Å². The van der Waals surface area contributed by atoms with E-state index in [1.165, 1.54) is 6.07 Å². The summed E-state index contributed by atoms with van der Waals surface area (Å²) in [6, 6.07) is 3.07. The fourth-order valence-electron chi connectivity index (χ4n) is 2.33. The van der Waals surface area contributed by atoms with Gasteiger partial charge in [-0.05, 0) is 25.5 Å². The number of nitrogens with zero attached hydrogens (tertiary/aromatic N) is 3. The molecule has 1 aromatic heterocycles. The largest absolute Gasteiger partial charge is 0.468 e. The van der Waals surface area contributed by atoms with E-state index < -0.39 is 19.1 Å². The highest BCUT2D eigenvalue weighted by molar-refractivity contribution is 5.77. The van der Waals surface area contributed by atoms with Crippen molar-refractivity contribution in [2.24, 2.45) is 4.99 Å². The molecule has 0 bridgehead atoms. The molecular weight excluding hydrogens is 349 g/mol. The van der Waals surface area contributed by atoms with Crippen molar-refractivity contribution in [2.45, 2.75) is 46.2 Å². The second kappa shape index (κ2) is 8.20. The van der Waals surface area contributed by atoms with Gasteiger partial charge in [-0.15, -0.1) is 0 Å². The minimum Gasteiger partial charge on any atom is -0.468 e. The van der Waals surface area contributed by atoms with E-state index >= 15 is 0 Å². The van der Waals surface area contributed by atoms with Crippen molar-refractivity contribution in [3.05, 3.63) is 35.2 Å². The van der Waals surface area contributed by atoms with Crippen LogP contribution in [0, 0.1) is 6.92 Å². The SMILES string of the molecule is CCC(=O)NC1N=CC=C(C)N1Cc1ccc(OCC(F)(F)F)nc1C. The first-order valence-electron chi connectivity index (χ1n) is 8.11. The summed E-state index contributed by atoms with van der Waals surface area (Å²) in [5.74, 6) is -0.207. The molecule has 1 unspecified atom stereocenters. The van der Waals surface area contributed by atoms with Crippen LogP contribution in [-0.2, 0) is 11.3 Å². The maximum Gasteiger partial charge on any atom is 0.422 e. The van der Waals surface area contributed by atoms with Gasteiger partial charge in [0.1, 0.15) is 0 Å². The van der Waals surface area contributed by atoms with E-state index in [1.54, 1.807) is 26.1 Å². The molecule has 1 aromatic rings. The van der Waals surface area contributed by atoms with Gasteiger partial charge in [0, 0.05) is 36.6 Å². The summed E-state index contributed by atoms with van der Waals surface area (Å²) < 4.78 is 41.4. The Kier molecular flexibility index (Phi) is 6.23. The number of halogens is 3. The molecule has 0 aliphatic carbocycles. The van der Waals surface area contributed by atoms with Crippen molar-refractivity contribution in [3.63, 3.8) is 0 Å². The molecule has 1 N–H and O–H groups in total. The molecule has 142 valence electrons. The molecule has 0 aromatic carbocycles. The van der Waals surface area contributed by atoms with Crippen molar-refractivity contribution in [1.29, 1.82) is 0 Å². The number of aryl methyl sites for hydroxylation is 1. The first kappa shape index (κ1) is 19.7. The molecule has 2 rings (SSSR count). The Morgan fingerprint density at radius 3 is 2.69 bits per heavy atom. The fourth-order valence-corrected chi connectivity index (χ4v) is 2.33. The summed E-state index contributed by atoms with van der Waals surface area (Å²) in [7, 11) is 0. The number of aromatic nitrogens is 1. The Bertz CT molecular complexity index is 716. The number of pyridine rings is 1. The van der Waals surface area contributed by atoms with E-state index in [9.17, 15) is 18.0 Å². The highest BCUT2D eigenvalue weighted by atomic mass is 19.4. The summed E-state index contributed by atoms with van der Waals surface area (Å²) in [4.78, 5) is 21.9. The van der Waals surface area contributed by atoms with Crippen molar-refractivity contribution in [2.75, 3.05) is 6.61 Å². The molecule has 1 aliphatic rings. The maximum atomic E-state index is 12.2. The Balaban J connectivity index is 2.11. The third-order valence-corrected chi connectivity index (χ3v) is 3.80. The number of hydrogen-bond donors (Lipinski definition) is 1. The number of amides is 1. The van der Waals surface area contributed by atoms with Gasteiger partial charge in [-0.2, -0.15) is 13.2 Å². The average Bonchev–Trinajstić information content (AvgIpc) is 2.57. The van der Waals surface area contributed by atoms with E-state index in [1.807, 2.05) is 17.9 Å². The van der Waals surface area contributed by atoms with Gasteiger partial charge < -0.3 is 15.0 Å². The van der Waals surface area contributed by atoms with Gasteiger partial charge in [0.2, 0.25) is 11.8 Å². The Hall–Kier alpha value is -2.58. The van der Waals surface area contributed by atoms with Crippen LogP contribution in [0.4, 0.5) is 13.2 Å². The van der Waals surface area contributed by atoms with Crippen LogP contribution in [-0.4, -0.2) is 41.1 Å². The van der Waals surface area contributed by atoms with Gasteiger partial charge in [0.25, 0.3) is 0 Å². The molecule has 6 nitrogen and oxygen atoms in total. The molecule has 9 heteroatoms. The molecule has 0 fully saturated rings. The Morgan fingerprint density at radius 1 is 1.35 bits per heavy atom. The van der Waals surface area contributed by atoms with Crippen LogP contribution in [0.25, 0.3) is 0 Å². The number of nitrogens with one attached hydrogen (secondary N) is 1. The smallest absolute Gasteiger partial charge is 0.422 e. The van der Waals surface area contributed by atoms with E-state index in [0.29, 0.717) is 18.7 Å². The molecule has 0 saturated carbocycles. The number of allylic oxidation sites excluding steroid dienone is 2. The lowest BCUT2D eigenvalue weighted by Crippen LogP contribution is -2.47. The van der Waals surface area contributed by atoms with Crippen molar-refractivity contribution >= 4 is 12.1 Å². The first-order chi connectivity index (χ1) is 12.2. The van der Waals surface area contributed by atoms with Crippen LogP contribution < -0.4 is 10.1 Å². The number of rotatable bonds is 6. The molecule has 1 atom stereocenters. The predicted molar refractivity (Wildman–Crippen MR) is 90.5 cm³/mol. The van der Waals surface area contributed by atoms with Crippen LogP contribution in [0.1, 0.15) is 31.5 Å². The first-order valence-corrected chi connectivity index (χ1v) is 8.11. The average molecular weight is 370 g/mol. The van der Waals surface area contributed by atoms with Gasteiger partial charge in [0.15, 0.2) is 12.9 Å². The number of carbonyl (C=O) groups is 1. The minimum absolute atomic E-state index is 0.0802. The van der Waals surface area contributed by atoms with Crippen molar-refractivity contribution < 1.29 is 22.7 Å². The third-order valence-electron chi connectivity index (χ3n) is 3.80. The van der Waals surface area contributed by atoms with Crippen molar-refractivity contribution in [3.8, 4) is 5.88 Å². The lowest BCUT2D eigenvalue weighted by Gasteiger charge is -2.34. The van der Waals surface area contributed by atoms with Crippen LogP contribution in [0.5, 0.6) is 5.88 Å². The molecule has 1 aliphatic heterocycles. The molecule has 26 heavy (non-hydrogen) atoms. The van der Waals surface area contributed by atoms with Gasteiger partial charge in [-0.25, -0.2) is 9.98 Å². The molecular formula is C17H21F3N4O2. The zero-order valence-corrected chi connectivity index (χ0v) is 14.8. The van der Waals surface area contributed by atoms with E-state index in [0.717, 1.165) is 11.3 Å². The van der Waals surface area contributed by atoms with Gasteiger partial charge >= 0.3 is 6.18 Å². The van der Waals surface area contributed by atoms with Crippen LogP contribution in [0.2, 0.25) is 0 Å². The molecule has 0 saturated heterocycles. The number of carbonyl (C=O) groups excluding carboxylic acids is 1. The summed E-state index contributed by atoms with van der Waals surface area (Å²) in [5.41, 5.74) is 2.25. The second-order valence-corrected chi connectivity index (χ2v) is 5.83. The zero-order chi connectivity index (χ0) is 19.3. The van der Waals surface area contributed by atoms with E-state index in [-0.39, 0.29) is 11.8 Å². The standard InChI is InChI=1S/C17H21F3N4O2/c1-4-14(25)23-16-21-8-7-11(2)24(16)9-13-5-6-15(22-12(13)3)26-10-17(18,19)20/h5-8,16H,4,9-10H2,1-3H3,(H,23,25). The number of aliphatic imine (C=N–C) groups is 1. The molecule has 2 heterocycles. The topological polar surface area (TPSA) is 66.8 Å². The molecule has 1 amide bonds. The molecule has 0 radical (unpaired) electrons. The van der Waals surface area contributed by atoms with Gasteiger partial charge in [-0.1, -0.05) is 13.0 Å². The second-order valence-electron chi connectivity index (χ2n) is 5.83. The summed E-state index contributed by atoms with van der Waals surface area (Å²) >= 11 is 0. The number of hydrogen-bond acceptors (Lipinski definition) is 5. The van der Waals surface area contributed by atoms with Crippen LogP contribution in [0.3, 0.4) is 0 Å². The zero-order valence-electron chi connectivity index (χ0n) is 14.8. The maximum absolute atomic E-state index is 12.2. The van der Waals surface area contributed by atoms with Crippen LogP contribution >= 0.6 is 0 Å². The highest BCUT2D eigenvalue weighted by Gasteiger charge is 2.29. The molecule has 0 spiro atoms. The third kappa shape index (κ3) is 5.47. The minimum atomic E-state index is -4.41. The highest BCUT2D eigenvalue weighted by Crippen LogP contribution is 2.22. The summed E-state index contributed by atoms with van der Waals surface area (Å²) in [5, 5.41) is 2.82. The lowest BCUT2D eigenvalue weighted by molar-refractivity contribution is -0.154. The lowest BCUT2D eigenvalue weighted by atomic mass is 10.1. The van der Waals surface area contributed by atoms with Gasteiger partial charge in [0.05, 0.1) is 0 Å². The normalized spacial score (nSPS) is 17.1. The Labute approximate surface area is 149 Å². The van der Waals surface area contributed by atoms with E-state index in [2.05, 4.69) is 20.0 Å². The van der Waals surface area contributed by atoms with Gasteiger partial charge in [-0.3, -0.25) is 4.79 Å². The Morgan fingerprint density at radius 2 is 2.08 bits per heavy atom. The summed E-state index contributed by atoms with van der Waals surface area (Å²) in [6.07, 6.45) is -1.15. The number of alkyl halides is 3. The monoisotopic (exact) mass is 370 g/mol. The predicted octanol–water partition coefficient (Wildman–Crippen LogP) is 2.93. The quantitative estimate of drug-likeness (QED) is 0.836. The fraction of sp³-hybridized carbons (Fsp3) is 0.471. The van der Waals surface area contributed by atoms with Crippen molar-refractivity contribution in [1.82, 2.24) is 15.2 Å². The number of ether oxygens (including phenoxy) is 1.